The summed E-state index contributed by atoms with van der Waals surface area (Å²) < 4.78 is 8.95. The second kappa shape index (κ2) is 8.36. The van der Waals surface area contributed by atoms with Crippen LogP contribution in [-0.2, 0) is 7.05 Å². The summed E-state index contributed by atoms with van der Waals surface area (Å²) in [6, 6.07) is 27.3. The van der Waals surface area contributed by atoms with Crippen molar-refractivity contribution in [2.45, 2.75) is 26.7 Å². The molecule has 3 nitrogen and oxygen atoms in total. The molecule has 0 aliphatic carbocycles. The molecule has 174 valence electrons. The summed E-state index contributed by atoms with van der Waals surface area (Å²) in [6.45, 7) is 14.4. The maximum absolute atomic E-state index is 7.80. The Morgan fingerprint density at radius 3 is 2.22 bits per heavy atom. The number of hydrogen-bond acceptors (Lipinski definition) is 1. The van der Waals surface area contributed by atoms with Crippen LogP contribution < -0.4 is 4.57 Å². The van der Waals surface area contributed by atoms with Gasteiger partial charge >= 0.3 is 0 Å². The molecule has 6 rings (SSSR count). The molecule has 0 radical (unpaired) electrons. The van der Waals surface area contributed by atoms with Gasteiger partial charge in [-0.3, -0.25) is 0 Å². The fraction of sp³-hybridized carbons (Fsp3) is 0.152. The van der Waals surface area contributed by atoms with Crippen molar-refractivity contribution in [2.75, 3.05) is 0 Å². The predicted molar refractivity (Wildman–Crippen MR) is 148 cm³/mol. The number of rotatable bonds is 3. The summed E-state index contributed by atoms with van der Waals surface area (Å²) in [4.78, 5) is 3.83. The molecule has 2 aromatic heterocycles. The van der Waals surface area contributed by atoms with Gasteiger partial charge in [-0.15, -0.1) is 0 Å². The molecule has 3 heteroatoms. The topological polar surface area (TPSA) is 21.4 Å². The predicted octanol–water partition coefficient (Wildman–Crippen LogP) is 8.88. The van der Waals surface area contributed by atoms with Gasteiger partial charge in [0, 0.05) is 22.4 Å². The molecule has 0 atom stereocenters. The summed E-state index contributed by atoms with van der Waals surface area (Å²) >= 11 is 0. The Kier molecular flexibility index (Phi) is 5.12. The van der Waals surface area contributed by atoms with Gasteiger partial charge in [0.2, 0.25) is 5.69 Å². The highest BCUT2D eigenvalue weighted by Gasteiger charge is 2.25. The maximum atomic E-state index is 7.80. The first kappa shape index (κ1) is 22.1. The van der Waals surface area contributed by atoms with Crippen LogP contribution in [0.4, 0.5) is 5.69 Å². The fourth-order valence-corrected chi connectivity index (χ4v) is 5.32. The van der Waals surface area contributed by atoms with Crippen LogP contribution in [0.15, 0.2) is 89.5 Å². The highest BCUT2D eigenvalue weighted by Crippen LogP contribution is 2.45. The number of aromatic nitrogens is 1. The van der Waals surface area contributed by atoms with Crippen LogP contribution in [0.5, 0.6) is 0 Å². The first-order valence-electron chi connectivity index (χ1n) is 12.3. The number of hydrogen-bond donors (Lipinski definition) is 0. The quantitative estimate of drug-likeness (QED) is 0.188. The second-order valence-corrected chi connectivity index (χ2v) is 9.83. The Hall–Kier alpha value is -4.42. The Bertz CT molecular complexity index is 1840. The van der Waals surface area contributed by atoms with E-state index in [2.05, 4.69) is 79.8 Å². The number of aryl methyl sites for hydroxylation is 2. The maximum Gasteiger partial charge on any atom is 0.224 e. The number of nitrogens with zero attached hydrogens (tertiary/aromatic N) is 2. The van der Waals surface area contributed by atoms with E-state index in [9.17, 15) is 0 Å². The molecule has 0 fully saturated rings. The summed E-state index contributed by atoms with van der Waals surface area (Å²) in [7, 11) is 2.10. The van der Waals surface area contributed by atoms with Gasteiger partial charge in [-0.25, -0.2) is 9.41 Å². The minimum atomic E-state index is 0.473. The van der Waals surface area contributed by atoms with Gasteiger partial charge in [-0.1, -0.05) is 80.6 Å². The molecule has 0 saturated heterocycles. The van der Waals surface area contributed by atoms with E-state index in [-0.39, 0.29) is 0 Å². The van der Waals surface area contributed by atoms with Crippen molar-refractivity contribution in [3.8, 4) is 22.4 Å². The smallest absolute Gasteiger partial charge is 0.224 e. The highest BCUT2D eigenvalue weighted by atomic mass is 16.3. The zero-order valence-corrected chi connectivity index (χ0v) is 21.0. The highest BCUT2D eigenvalue weighted by molar-refractivity contribution is 6.16. The molecule has 0 saturated carbocycles. The summed E-state index contributed by atoms with van der Waals surface area (Å²) in [5, 5.41) is 4.52. The van der Waals surface area contributed by atoms with Crippen molar-refractivity contribution in [1.29, 1.82) is 0 Å². The lowest BCUT2D eigenvalue weighted by Gasteiger charge is -2.11. The Morgan fingerprint density at radius 2 is 1.50 bits per heavy atom. The van der Waals surface area contributed by atoms with Gasteiger partial charge in [0.25, 0.3) is 0 Å². The summed E-state index contributed by atoms with van der Waals surface area (Å²) in [5.41, 5.74) is 8.79. The second-order valence-electron chi connectivity index (χ2n) is 9.83. The standard InChI is InChI=1S/C33H27N2O/c1-20(2)23-12-14-25-24(19-23)17-18-35(5)31(25)29-21(3)11-13-26-27-15-16-28(34-4)30(33(27)36-32(26)29)22-9-7-6-8-10-22/h6-20H,1-3,5H3/q+1. The van der Waals surface area contributed by atoms with E-state index in [1.807, 2.05) is 42.5 Å². The van der Waals surface area contributed by atoms with Crippen LogP contribution in [0.1, 0.15) is 30.9 Å². The Labute approximate surface area is 211 Å². The zero-order chi connectivity index (χ0) is 25.0. The molecule has 0 N–H and O–H groups in total. The van der Waals surface area contributed by atoms with Gasteiger partial charge in [0.1, 0.15) is 18.2 Å². The lowest BCUT2D eigenvalue weighted by atomic mass is 9.94. The molecule has 0 aliphatic rings. The lowest BCUT2D eigenvalue weighted by molar-refractivity contribution is -0.659. The van der Waals surface area contributed by atoms with Crippen molar-refractivity contribution in [3.63, 3.8) is 0 Å². The van der Waals surface area contributed by atoms with Crippen LogP contribution in [0.25, 0.3) is 59.9 Å². The number of furan rings is 1. The largest absolute Gasteiger partial charge is 0.456 e. The van der Waals surface area contributed by atoms with Crippen molar-refractivity contribution in [3.05, 3.63) is 108 Å². The van der Waals surface area contributed by atoms with Gasteiger partial charge in [0.15, 0.2) is 11.9 Å². The molecule has 0 unspecified atom stereocenters. The fourth-order valence-electron chi connectivity index (χ4n) is 5.32. The SMILES string of the molecule is [C-]#[N+]c1ccc2c(oc3c(-c4c5ccc(C(C)C)cc5cc[n+]4C)c(C)ccc32)c1-c1ccccc1. The van der Waals surface area contributed by atoms with E-state index in [1.54, 1.807) is 0 Å². The van der Waals surface area contributed by atoms with Gasteiger partial charge in [0.05, 0.1) is 17.5 Å². The van der Waals surface area contributed by atoms with Crippen molar-refractivity contribution in [2.24, 2.45) is 7.05 Å². The van der Waals surface area contributed by atoms with E-state index in [0.717, 1.165) is 49.9 Å². The van der Waals surface area contributed by atoms with E-state index >= 15 is 0 Å². The van der Waals surface area contributed by atoms with Crippen molar-refractivity contribution in [1.82, 2.24) is 0 Å². The molecule has 0 spiro atoms. The Balaban J connectivity index is 1.73. The van der Waals surface area contributed by atoms with Crippen LogP contribution in [0.3, 0.4) is 0 Å². The molecule has 0 amide bonds. The molecule has 4 aromatic carbocycles. The molecule has 6 aromatic rings. The molecule has 2 heterocycles. The minimum Gasteiger partial charge on any atom is -0.456 e. The van der Waals surface area contributed by atoms with Gasteiger partial charge in [-0.2, -0.15) is 0 Å². The van der Waals surface area contributed by atoms with Gasteiger partial charge in [-0.05, 0) is 41.0 Å². The third kappa shape index (κ3) is 3.30. The summed E-state index contributed by atoms with van der Waals surface area (Å²) in [6.07, 6.45) is 2.13. The van der Waals surface area contributed by atoms with Gasteiger partial charge < -0.3 is 4.42 Å². The normalized spacial score (nSPS) is 11.6. The molecular weight excluding hydrogens is 440 g/mol. The van der Waals surface area contributed by atoms with Crippen molar-refractivity contribution >= 4 is 38.4 Å². The van der Waals surface area contributed by atoms with Crippen LogP contribution in [-0.4, -0.2) is 0 Å². The van der Waals surface area contributed by atoms with Crippen LogP contribution in [0.2, 0.25) is 0 Å². The average Bonchev–Trinajstić information content (AvgIpc) is 3.27. The van der Waals surface area contributed by atoms with Crippen molar-refractivity contribution < 1.29 is 8.98 Å². The Morgan fingerprint density at radius 1 is 0.806 bits per heavy atom. The number of pyridine rings is 1. The van der Waals surface area contributed by atoms with Crippen LogP contribution in [0, 0.1) is 13.5 Å². The average molecular weight is 468 g/mol. The summed E-state index contributed by atoms with van der Waals surface area (Å²) in [5.74, 6) is 0.473. The lowest BCUT2D eigenvalue weighted by Crippen LogP contribution is -2.30. The molecular formula is C33H27N2O+. The van der Waals surface area contributed by atoms with E-state index < -0.39 is 0 Å². The van der Waals surface area contributed by atoms with E-state index in [1.165, 1.54) is 16.3 Å². The third-order valence-corrected chi connectivity index (χ3v) is 7.24. The van der Waals surface area contributed by atoms with E-state index in [0.29, 0.717) is 11.6 Å². The zero-order valence-electron chi connectivity index (χ0n) is 21.0. The monoisotopic (exact) mass is 467 g/mol. The third-order valence-electron chi connectivity index (χ3n) is 7.24. The molecule has 0 bridgehead atoms. The first-order chi connectivity index (χ1) is 17.5. The first-order valence-corrected chi connectivity index (χ1v) is 12.3. The van der Waals surface area contributed by atoms with Crippen LogP contribution >= 0.6 is 0 Å². The number of fused-ring (bicyclic) bond motifs is 4. The number of benzene rings is 4. The minimum absolute atomic E-state index is 0.473. The van der Waals surface area contributed by atoms with E-state index in [4.69, 9.17) is 11.0 Å². The molecule has 36 heavy (non-hydrogen) atoms. The molecule has 0 aliphatic heterocycles.